The van der Waals surface area contributed by atoms with Crippen molar-refractivity contribution in [2.45, 2.75) is 31.5 Å². The van der Waals surface area contributed by atoms with Gasteiger partial charge in [-0.05, 0) is 24.1 Å². The Hall–Kier alpha value is -1.63. The SMILES string of the molecule is COc1cccc(CCNC(=O)CCN2CCC3(CC2)OCCO3)c1. The molecule has 6 nitrogen and oxygen atoms in total. The summed E-state index contributed by atoms with van der Waals surface area (Å²) in [6.45, 7) is 4.71. The Morgan fingerprint density at radius 3 is 2.76 bits per heavy atom. The fourth-order valence-corrected chi connectivity index (χ4v) is 3.43. The van der Waals surface area contributed by atoms with E-state index in [0.717, 1.165) is 50.2 Å². The van der Waals surface area contributed by atoms with Crippen molar-refractivity contribution in [3.8, 4) is 5.75 Å². The van der Waals surface area contributed by atoms with Crippen LogP contribution in [0.3, 0.4) is 0 Å². The van der Waals surface area contributed by atoms with E-state index in [1.165, 1.54) is 0 Å². The van der Waals surface area contributed by atoms with Gasteiger partial charge in [-0.3, -0.25) is 4.79 Å². The molecule has 3 rings (SSSR count). The Morgan fingerprint density at radius 2 is 2.04 bits per heavy atom. The molecule has 0 radical (unpaired) electrons. The van der Waals surface area contributed by atoms with Crippen molar-refractivity contribution in [1.29, 1.82) is 0 Å². The topological polar surface area (TPSA) is 60.0 Å². The van der Waals surface area contributed by atoms with Gasteiger partial charge in [0, 0.05) is 45.4 Å². The van der Waals surface area contributed by atoms with E-state index in [4.69, 9.17) is 14.2 Å². The highest BCUT2D eigenvalue weighted by Crippen LogP contribution is 2.31. The van der Waals surface area contributed by atoms with Gasteiger partial charge in [0.05, 0.1) is 20.3 Å². The molecule has 0 aromatic heterocycles. The number of likely N-dealkylation sites (tertiary alicyclic amines) is 1. The van der Waals surface area contributed by atoms with Crippen molar-refractivity contribution < 1.29 is 19.0 Å². The molecule has 0 atom stereocenters. The van der Waals surface area contributed by atoms with Crippen LogP contribution in [-0.4, -0.2) is 63.1 Å². The van der Waals surface area contributed by atoms with E-state index >= 15 is 0 Å². The van der Waals surface area contributed by atoms with Crippen LogP contribution in [0.1, 0.15) is 24.8 Å². The lowest BCUT2D eigenvalue weighted by Crippen LogP contribution is -2.46. The lowest BCUT2D eigenvalue weighted by molar-refractivity contribution is -0.185. The molecule has 1 aromatic carbocycles. The zero-order chi connectivity index (χ0) is 17.5. The number of methoxy groups -OCH3 is 1. The number of carbonyl (C=O) groups excluding carboxylic acids is 1. The normalized spacial score (nSPS) is 19.9. The van der Waals surface area contributed by atoms with Crippen LogP contribution in [0.5, 0.6) is 5.75 Å². The van der Waals surface area contributed by atoms with Crippen LogP contribution in [0, 0.1) is 0 Å². The number of ether oxygens (including phenoxy) is 3. The largest absolute Gasteiger partial charge is 0.497 e. The van der Waals surface area contributed by atoms with Gasteiger partial charge in [0.1, 0.15) is 5.75 Å². The first-order valence-corrected chi connectivity index (χ1v) is 9.09. The van der Waals surface area contributed by atoms with E-state index < -0.39 is 0 Å². The number of rotatable bonds is 7. The molecule has 25 heavy (non-hydrogen) atoms. The third-order valence-electron chi connectivity index (χ3n) is 4.96. The fraction of sp³-hybridized carbons (Fsp3) is 0.632. The van der Waals surface area contributed by atoms with Gasteiger partial charge in [-0.2, -0.15) is 0 Å². The summed E-state index contributed by atoms with van der Waals surface area (Å²) in [5.41, 5.74) is 1.16. The molecule has 0 saturated carbocycles. The number of hydrogen-bond acceptors (Lipinski definition) is 5. The van der Waals surface area contributed by atoms with E-state index in [-0.39, 0.29) is 11.7 Å². The van der Waals surface area contributed by atoms with Gasteiger partial charge in [0.15, 0.2) is 5.79 Å². The summed E-state index contributed by atoms with van der Waals surface area (Å²) in [6, 6.07) is 7.94. The predicted molar refractivity (Wildman–Crippen MR) is 94.6 cm³/mol. The number of benzene rings is 1. The predicted octanol–water partition coefficient (Wildman–Crippen LogP) is 1.58. The Labute approximate surface area is 149 Å². The number of hydrogen-bond donors (Lipinski definition) is 1. The van der Waals surface area contributed by atoms with Crippen molar-refractivity contribution in [2.75, 3.05) is 46.5 Å². The monoisotopic (exact) mass is 348 g/mol. The van der Waals surface area contributed by atoms with Crippen LogP contribution in [0.15, 0.2) is 24.3 Å². The molecule has 2 aliphatic rings. The highest BCUT2D eigenvalue weighted by atomic mass is 16.7. The van der Waals surface area contributed by atoms with Crippen LogP contribution in [0.2, 0.25) is 0 Å². The lowest BCUT2D eigenvalue weighted by Gasteiger charge is -2.37. The van der Waals surface area contributed by atoms with Crippen molar-refractivity contribution in [2.24, 2.45) is 0 Å². The highest BCUT2D eigenvalue weighted by Gasteiger charge is 2.39. The van der Waals surface area contributed by atoms with Crippen LogP contribution in [-0.2, 0) is 20.7 Å². The Kier molecular flexibility index (Phi) is 6.29. The van der Waals surface area contributed by atoms with E-state index in [2.05, 4.69) is 10.2 Å². The maximum absolute atomic E-state index is 12.0. The minimum Gasteiger partial charge on any atom is -0.497 e. The Balaban J connectivity index is 1.30. The standard InChI is InChI=1S/C19H28N2O4/c1-23-17-4-2-3-16(15-17)5-9-20-18(22)6-10-21-11-7-19(8-12-21)24-13-14-25-19/h2-4,15H,5-14H2,1H3,(H,20,22). The van der Waals surface area contributed by atoms with Crippen molar-refractivity contribution in [1.82, 2.24) is 10.2 Å². The molecule has 6 heteroatoms. The minimum atomic E-state index is -0.338. The Morgan fingerprint density at radius 1 is 1.28 bits per heavy atom. The number of nitrogens with one attached hydrogen (secondary N) is 1. The molecule has 2 aliphatic heterocycles. The molecule has 0 unspecified atom stereocenters. The smallest absolute Gasteiger partial charge is 0.221 e. The molecular weight excluding hydrogens is 320 g/mol. The summed E-state index contributed by atoms with van der Waals surface area (Å²) in [7, 11) is 1.66. The molecule has 2 heterocycles. The summed E-state index contributed by atoms with van der Waals surface area (Å²) >= 11 is 0. The van der Waals surface area contributed by atoms with E-state index in [0.29, 0.717) is 26.2 Å². The first-order valence-electron chi connectivity index (χ1n) is 9.09. The summed E-state index contributed by atoms with van der Waals surface area (Å²) in [6.07, 6.45) is 3.13. The highest BCUT2D eigenvalue weighted by molar-refractivity contribution is 5.76. The third kappa shape index (κ3) is 5.17. The average molecular weight is 348 g/mol. The molecule has 1 N–H and O–H groups in total. The second kappa shape index (κ2) is 8.65. The van der Waals surface area contributed by atoms with Crippen molar-refractivity contribution >= 4 is 5.91 Å². The second-order valence-electron chi connectivity index (χ2n) is 6.65. The quantitative estimate of drug-likeness (QED) is 0.811. The van der Waals surface area contributed by atoms with E-state index in [9.17, 15) is 4.79 Å². The van der Waals surface area contributed by atoms with E-state index in [1.54, 1.807) is 7.11 Å². The second-order valence-corrected chi connectivity index (χ2v) is 6.65. The maximum atomic E-state index is 12.0. The van der Waals surface area contributed by atoms with Gasteiger partial charge in [-0.25, -0.2) is 0 Å². The molecule has 0 aliphatic carbocycles. The Bertz CT molecular complexity index is 562. The van der Waals surface area contributed by atoms with Gasteiger partial charge in [0.25, 0.3) is 0 Å². The number of carbonyl (C=O) groups is 1. The molecule has 2 saturated heterocycles. The van der Waals surface area contributed by atoms with Gasteiger partial charge < -0.3 is 24.4 Å². The molecule has 1 aromatic rings. The van der Waals surface area contributed by atoms with Gasteiger partial charge in [-0.1, -0.05) is 12.1 Å². The molecule has 1 amide bonds. The maximum Gasteiger partial charge on any atom is 0.221 e. The van der Waals surface area contributed by atoms with E-state index in [1.807, 2.05) is 24.3 Å². The average Bonchev–Trinajstić information content (AvgIpc) is 3.10. The minimum absolute atomic E-state index is 0.108. The zero-order valence-electron chi connectivity index (χ0n) is 15.0. The van der Waals surface area contributed by atoms with Crippen LogP contribution >= 0.6 is 0 Å². The van der Waals surface area contributed by atoms with Gasteiger partial charge >= 0.3 is 0 Å². The number of amides is 1. The summed E-state index contributed by atoms with van der Waals surface area (Å²) in [5.74, 6) is 0.619. The van der Waals surface area contributed by atoms with Crippen LogP contribution < -0.4 is 10.1 Å². The first kappa shape index (κ1) is 18.2. The molecule has 0 bridgehead atoms. The molecule has 2 fully saturated rings. The fourth-order valence-electron chi connectivity index (χ4n) is 3.43. The van der Waals surface area contributed by atoms with Crippen molar-refractivity contribution in [3.63, 3.8) is 0 Å². The van der Waals surface area contributed by atoms with Gasteiger partial charge in [0.2, 0.25) is 5.91 Å². The van der Waals surface area contributed by atoms with Crippen molar-refractivity contribution in [3.05, 3.63) is 29.8 Å². The summed E-state index contributed by atoms with van der Waals surface area (Å²) in [4.78, 5) is 14.4. The molecular formula is C19H28N2O4. The molecule has 1 spiro atoms. The summed E-state index contributed by atoms with van der Waals surface area (Å²) < 4.78 is 16.7. The third-order valence-corrected chi connectivity index (χ3v) is 4.96. The first-order chi connectivity index (χ1) is 12.2. The van der Waals surface area contributed by atoms with Crippen LogP contribution in [0.4, 0.5) is 0 Å². The molecule has 138 valence electrons. The number of piperidine rings is 1. The number of nitrogens with zero attached hydrogens (tertiary/aromatic N) is 1. The lowest BCUT2D eigenvalue weighted by atomic mass is 10.0. The summed E-state index contributed by atoms with van der Waals surface area (Å²) in [5, 5.41) is 3.00. The van der Waals surface area contributed by atoms with Gasteiger partial charge in [-0.15, -0.1) is 0 Å². The zero-order valence-corrected chi connectivity index (χ0v) is 15.0. The van der Waals surface area contributed by atoms with Crippen LogP contribution in [0.25, 0.3) is 0 Å².